The Hall–Kier alpha value is -0.750. The molecule has 1 rings (SSSR count). The van der Waals surface area contributed by atoms with E-state index in [9.17, 15) is 8.78 Å². The van der Waals surface area contributed by atoms with Crippen LogP contribution in [0.4, 0.5) is 13.9 Å². The summed E-state index contributed by atoms with van der Waals surface area (Å²) in [5, 5.41) is 0.480. The predicted molar refractivity (Wildman–Crippen MR) is 53.5 cm³/mol. The van der Waals surface area contributed by atoms with Gasteiger partial charge in [-0.3, -0.25) is 4.90 Å². The van der Waals surface area contributed by atoms with Crippen molar-refractivity contribution in [3.8, 4) is 0 Å². The molecule has 0 amide bonds. The first-order valence-corrected chi connectivity index (χ1v) is 5.14. The van der Waals surface area contributed by atoms with Crippen molar-refractivity contribution in [3.63, 3.8) is 0 Å². The predicted octanol–water partition coefficient (Wildman–Crippen LogP) is 1.81. The molecule has 0 bridgehead atoms. The molecule has 80 valence electrons. The van der Waals surface area contributed by atoms with E-state index in [4.69, 9.17) is 5.73 Å². The van der Waals surface area contributed by atoms with Crippen LogP contribution in [-0.4, -0.2) is 29.4 Å². The minimum absolute atomic E-state index is 0.200. The highest BCUT2D eigenvalue weighted by molar-refractivity contribution is 7.15. The van der Waals surface area contributed by atoms with Gasteiger partial charge in [0, 0.05) is 17.6 Å². The first-order valence-electron chi connectivity index (χ1n) is 4.32. The molecule has 3 nitrogen and oxygen atoms in total. The molecule has 0 saturated carbocycles. The Kier molecular flexibility index (Phi) is 4.21. The minimum atomic E-state index is -2.29. The van der Waals surface area contributed by atoms with E-state index in [1.54, 1.807) is 11.1 Å². The number of alkyl halides is 2. The first-order chi connectivity index (χ1) is 6.61. The summed E-state index contributed by atoms with van der Waals surface area (Å²) < 4.78 is 24.2. The number of hydrogen-bond acceptors (Lipinski definition) is 4. The Morgan fingerprint density at radius 3 is 2.79 bits per heavy atom. The molecule has 0 atom stereocenters. The molecule has 0 radical (unpaired) electrons. The lowest BCUT2D eigenvalue weighted by molar-refractivity contribution is 0.0879. The molecule has 0 aliphatic rings. The number of halogens is 2. The largest absolute Gasteiger partial charge is 0.375 e. The third kappa shape index (κ3) is 3.55. The molecule has 1 aromatic rings. The van der Waals surface area contributed by atoms with Crippen molar-refractivity contribution in [2.45, 2.75) is 19.9 Å². The summed E-state index contributed by atoms with van der Waals surface area (Å²) in [5.74, 6) is 0. The standard InChI is InChI=1S/C8H13F2N3S/c1-2-13(5-7(9)10)4-6-3-12-8(11)14-6/h3,7H,2,4-5H2,1H3,(H2,11,12). The fourth-order valence-electron chi connectivity index (χ4n) is 1.12. The quantitative estimate of drug-likeness (QED) is 0.824. The number of anilines is 1. The van der Waals surface area contributed by atoms with Crippen molar-refractivity contribution >= 4 is 16.5 Å². The highest BCUT2D eigenvalue weighted by atomic mass is 32.1. The van der Waals surface area contributed by atoms with E-state index in [1.807, 2.05) is 6.92 Å². The zero-order chi connectivity index (χ0) is 10.6. The Morgan fingerprint density at radius 2 is 2.36 bits per heavy atom. The van der Waals surface area contributed by atoms with Crippen LogP contribution in [0.3, 0.4) is 0 Å². The maximum absolute atomic E-state index is 12.1. The van der Waals surface area contributed by atoms with Crippen molar-refractivity contribution in [3.05, 3.63) is 11.1 Å². The molecule has 2 N–H and O–H groups in total. The van der Waals surface area contributed by atoms with Gasteiger partial charge in [0.1, 0.15) is 0 Å². The van der Waals surface area contributed by atoms with Crippen molar-refractivity contribution < 1.29 is 8.78 Å². The van der Waals surface area contributed by atoms with Gasteiger partial charge in [0.05, 0.1) is 6.54 Å². The molecule has 1 heterocycles. The van der Waals surface area contributed by atoms with Gasteiger partial charge in [-0.15, -0.1) is 11.3 Å². The van der Waals surface area contributed by atoms with Crippen LogP contribution >= 0.6 is 11.3 Å². The molecule has 0 aliphatic heterocycles. The van der Waals surface area contributed by atoms with Gasteiger partial charge in [-0.1, -0.05) is 6.92 Å². The highest BCUT2D eigenvalue weighted by Crippen LogP contribution is 2.16. The highest BCUT2D eigenvalue weighted by Gasteiger charge is 2.11. The van der Waals surface area contributed by atoms with Gasteiger partial charge in [-0.05, 0) is 6.54 Å². The second-order valence-electron chi connectivity index (χ2n) is 2.88. The van der Waals surface area contributed by atoms with Gasteiger partial charge < -0.3 is 5.73 Å². The Bertz CT molecular complexity index is 277. The van der Waals surface area contributed by atoms with Crippen LogP contribution in [0, 0.1) is 0 Å². The number of nitrogens with zero attached hydrogens (tertiary/aromatic N) is 2. The molecule has 1 aromatic heterocycles. The third-order valence-electron chi connectivity index (χ3n) is 1.79. The van der Waals surface area contributed by atoms with Crippen LogP contribution in [0.2, 0.25) is 0 Å². The lowest BCUT2D eigenvalue weighted by Gasteiger charge is -2.18. The van der Waals surface area contributed by atoms with E-state index in [0.29, 0.717) is 18.2 Å². The fraction of sp³-hybridized carbons (Fsp3) is 0.625. The Labute approximate surface area is 85.5 Å². The summed E-state index contributed by atoms with van der Waals surface area (Å²) in [6, 6.07) is 0. The van der Waals surface area contributed by atoms with E-state index in [-0.39, 0.29) is 6.54 Å². The van der Waals surface area contributed by atoms with Crippen molar-refractivity contribution in [2.24, 2.45) is 0 Å². The van der Waals surface area contributed by atoms with E-state index in [0.717, 1.165) is 4.88 Å². The topological polar surface area (TPSA) is 42.2 Å². The van der Waals surface area contributed by atoms with Crippen molar-refractivity contribution in [1.82, 2.24) is 9.88 Å². The molecule has 0 aromatic carbocycles. The van der Waals surface area contributed by atoms with Crippen LogP contribution < -0.4 is 5.73 Å². The average molecular weight is 221 g/mol. The van der Waals surface area contributed by atoms with E-state index in [2.05, 4.69) is 4.98 Å². The third-order valence-corrected chi connectivity index (χ3v) is 2.61. The summed E-state index contributed by atoms with van der Waals surface area (Å²) in [4.78, 5) is 6.45. The van der Waals surface area contributed by atoms with E-state index >= 15 is 0 Å². The summed E-state index contributed by atoms with van der Waals surface area (Å²) in [5.41, 5.74) is 5.44. The number of aromatic nitrogens is 1. The zero-order valence-electron chi connectivity index (χ0n) is 7.91. The monoisotopic (exact) mass is 221 g/mol. The second kappa shape index (κ2) is 5.21. The normalized spacial score (nSPS) is 11.5. The summed E-state index contributed by atoms with van der Waals surface area (Å²) >= 11 is 1.34. The number of rotatable bonds is 5. The molecule has 6 heteroatoms. The van der Waals surface area contributed by atoms with E-state index in [1.165, 1.54) is 11.3 Å². The zero-order valence-corrected chi connectivity index (χ0v) is 8.73. The van der Waals surface area contributed by atoms with Gasteiger partial charge in [0.2, 0.25) is 0 Å². The van der Waals surface area contributed by atoms with Crippen molar-refractivity contribution in [1.29, 1.82) is 0 Å². The molecule has 0 saturated heterocycles. The van der Waals surface area contributed by atoms with Crippen LogP contribution in [0.1, 0.15) is 11.8 Å². The van der Waals surface area contributed by atoms with E-state index < -0.39 is 6.43 Å². The average Bonchev–Trinajstić information content (AvgIpc) is 2.49. The van der Waals surface area contributed by atoms with Crippen LogP contribution in [-0.2, 0) is 6.54 Å². The first kappa shape index (κ1) is 11.3. The fourth-order valence-corrected chi connectivity index (χ4v) is 1.84. The van der Waals surface area contributed by atoms with Gasteiger partial charge in [0.15, 0.2) is 5.13 Å². The Morgan fingerprint density at radius 1 is 1.64 bits per heavy atom. The lowest BCUT2D eigenvalue weighted by atomic mass is 10.4. The molecule has 14 heavy (non-hydrogen) atoms. The van der Waals surface area contributed by atoms with Gasteiger partial charge in [0.25, 0.3) is 6.43 Å². The molecule has 0 unspecified atom stereocenters. The summed E-state index contributed by atoms with van der Waals surface area (Å²) in [6.45, 7) is 2.75. The molecular weight excluding hydrogens is 208 g/mol. The van der Waals surface area contributed by atoms with Gasteiger partial charge in [-0.25, -0.2) is 13.8 Å². The molecular formula is C8H13F2N3S. The summed E-state index contributed by atoms with van der Waals surface area (Å²) in [7, 11) is 0. The maximum atomic E-state index is 12.1. The van der Waals surface area contributed by atoms with Crippen LogP contribution in [0.5, 0.6) is 0 Å². The van der Waals surface area contributed by atoms with Gasteiger partial charge >= 0.3 is 0 Å². The number of nitrogens with two attached hydrogens (primary N) is 1. The maximum Gasteiger partial charge on any atom is 0.251 e. The summed E-state index contributed by atoms with van der Waals surface area (Å²) in [6.07, 6.45) is -0.658. The minimum Gasteiger partial charge on any atom is -0.375 e. The SMILES string of the molecule is CCN(Cc1cnc(N)s1)CC(F)F. The molecule has 0 spiro atoms. The lowest BCUT2D eigenvalue weighted by Crippen LogP contribution is -2.27. The van der Waals surface area contributed by atoms with Gasteiger partial charge in [-0.2, -0.15) is 0 Å². The smallest absolute Gasteiger partial charge is 0.251 e. The van der Waals surface area contributed by atoms with Crippen LogP contribution in [0.25, 0.3) is 0 Å². The second-order valence-corrected chi connectivity index (χ2v) is 4.03. The Balaban J connectivity index is 2.48. The molecule has 0 fully saturated rings. The number of hydrogen-bond donors (Lipinski definition) is 1. The van der Waals surface area contributed by atoms with Crippen molar-refractivity contribution in [2.75, 3.05) is 18.8 Å². The number of nitrogen functional groups attached to an aromatic ring is 1. The molecule has 0 aliphatic carbocycles. The van der Waals surface area contributed by atoms with Crippen LogP contribution in [0.15, 0.2) is 6.20 Å². The number of thiazole rings is 1.